The number of nitrogens with zero attached hydrogens (tertiary/aromatic N) is 1. The van der Waals surface area contributed by atoms with Gasteiger partial charge < -0.3 is 10.1 Å². The molecule has 1 N–H and O–H groups in total. The number of ether oxygens (including phenoxy) is 1. The Morgan fingerprint density at radius 2 is 1.97 bits per heavy atom. The number of allylic oxidation sites excluding steroid dienone is 2. The van der Waals surface area contributed by atoms with Crippen molar-refractivity contribution in [2.24, 2.45) is 28.6 Å². The summed E-state index contributed by atoms with van der Waals surface area (Å²) in [5, 5.41) is 3.61. The molecule has 0 spiro atoms. The Labute approximate surface area is 182 Å². The van der Waals surface area contributed by atoms with Gasteiger partial charge in [-0.25, -0.2) is 4.98 Å². The normalized spacial score (nSPS) is 39.1. The van der Waals surface area contributed by atoms with Crippen LogP contribution in [0.25, 0.3) is 5.57 Å². The van der Waals surface area contributed by atoms with Crippen molar-refractivity contribution in [1.29, 1.82) is 0 Å². The molecule has 0 aliphatic heterocycles. The lowest BCUT2D eigenvalue weighted by Gasteiger charge is -2.56. The molecule has 1 heterocycles. The third-order valence-corrected chi connectivity index (χ3v) is 9.84. The molecule has 5 nitrogen and oxygen atoms in total. The Morgan fingerprint density at radius 1 is 1.17 bits per heavy atom. The minimum absolute atomic E-state index is 0.0586. The van der Waals surface area contributed by atoms with Crippen molar-refractivity contribution in [1.82, 2.24) is 4.98 Å². The highest BCUT2D eigenvalue weighted by Crippen LogP contribution is 2.66. The average molecular weight is 429 g/mol. The van der Waals surface area contributed by atoms with E-state index in [0.29, 0.717) is 17.8 Å². The van der Waals surface area contributed by atoms with E-state index in [2.05, 4.69) is 25.2 Å². The molecule has 4 aliphatic carbocycles. The molecular weight excluding hydrogens is 396 g/mol. The number of thiazole rings is 1. The quantitative estimate of drug-likeness (QED) is 0.656. The Morgan fingerprint density at radius 3 is 2.70 bits per heavy atom. The van der Waals surface area contributed by atoms with Crippen LogP contribution in [0, 0.1) is 28.6 Å². The monoisotopic (exact) mass is 428 g/mol. The van der Waals surface area contributed by atoms with Crippen LogP contribution in [0.4, 0.5) is 5.13 Å². The van der Waals surface area contributed by atoms with Gasteiger partial charge in [-0.05, 0) is 73.7 Å². The van der Waals surface area contributed by atoms with E-state index in [1.807, 2.05) is 0 Å². The van der Waals surface area contributed by atoms with E-state index in [0.717, 1.165) is 42.9 Å². The van der Waals surface area contributed by atoms with E-state index < -0.39 is 0 Å². The Kier molecular flexibility index (Phi) is 4.66. The highest BCUT2D eigenvalue weighted by Gasteiger charge is 2.59. The smallest absolute Gasteiger partial charge is 0.302 e. The summed E-state index contributed by atoms with van der Waals surface area (Å²) in [6.45, 7) is 7.93. The fourth-order valence-electron chi connectivity index (χ4n) is 7.43. The number of aromatic nitrogens is 1. The van der Waals surface area contributed by atoms with Gasteiger partial charge in [-0.1, -0.05) is 31.3 Å². The van der Waals surface area contributed by atoms with Crippen molar-refractivity contribution in [2.45, 2.75) is 78.7 Å². The number of anilines is 1. The fourth-order valence-corrected chi connectivity index (χ4v) is 8.66. The molecule has 162 valence electrons. The van der Waals surface area contributed by atoms with Gasteiger partial charge in [0.15, 0.2) is 5.13 Å². The lowest BCUT2D eigenvalue weighted by Crippen LogP contribution is -2.50. The maximum Gasteiger partial charge on any atom is 0.302 e. The summed E-state index contributed by atoms with van der Waals surface area (Å²) in [6, 6.07) is 0. The second-order valence-electron chi connectivity index (χ2n) is 10.3. The SMILES string of the molecule is CC(=O)Nc1nc2c(s1)C1=CC[C@H]3[C@@H]4CC[C@H](OC(C)=O)[C@@]4(C)CC[C@@H]3[C@@]1(C)CC2. The largest absolute Gasteiger partial charge is 0.462 e. The lowest BCUT2D eigenvalue weighted by atomic mass is 9.48. The first kappa shape index (κ1) is 20.2. The number of carbonyl (C=O) groups is 2. The number of nitrogens with one attached hydrogen (secondary N) is 1. The number of fused-ring (bicyclic) bond motifs is 7. The van der Waals surface area contributed by atoms with E-state index in [1.165, 1.54) is 23.3 Å². The summed E-state index contributed by atoms with van der Waals surface area (Å²) in [6.07, 6.45) is 10.3. The van der Waals surface area contributed by atoms with Crippen molar-refractivity contribution in [3.63, 3.8) is 0 Å². The van der Waals surface area contributed by atoms with E-state index in [-0.39, 0.29) is 28.8 Å². The van der Waals surface area contributed by atoms with Crippen LogP contribution in [0.3, 0.4) is 0 Å². The molecule has 30 heavy (non-hydrogen) atoms. The molecule has 1 amide bonds. The van der Waals surface area contributed by atoms with Gasteiger partial charge in [-0.3, -0.25) is 9.59 Å². The molecule has 4 aliphatic rings. The van der Waals surface area contributed by atoms with Gasteiger partial charge in [0.1, 0.15) is 6.10 Å². The standard InChI is InChI=1S/C24H32N2O3S/c1-13(27)25-22-26-19-10-12-23(3)17-9-11-24(4)16(7-8-20(24)29-14(2)28)15(17)5-6-18(23)21(19)30-22/h6,15-17,20H,5,7-12H2,1-4H3,(H,25,26,27)/t15-,16-,17-,20-,23+,24-/m0/s1. The van der Waals surface area contributed by atoms with Crippen LogP contribution < -0.4 is 5.32 Å². The van der Waals surface area contributed by atoms with Crippen LogP contribution in [0.2, 0.25) is 0 Å². The van der Waals surface area contributed by atoms with Crippen LogP contribution >= 0.6 is 11.3 Å². The second-order valence-corrected chi connectivity index (χ2v) is 11.3. The number of hydrogen-bond donors (Lipinski definition) is 1. The van der Waals surface area contributed by atoms with Crippen LogP contribution in [0.1, 0.15) is 76.8 Å². The summed E-state index contributed by atoms with van der Waals surface area (Å²) < 4.78 is 5.78. The summed E-state index contributed by atoms with van der Waals surface area (Å²) >= 11 is 1.64. The maximum atomic E-state index is 11.7. The van der Waals surface area contributed by atoms with Gasteiger partial charge >= 0.3 is 5.97 Å². The van der Waals surface area contributed by atoms with Crippen molar-refractivity contribution >= 4 is 33.9 Å². The third-order valence-electron chi connectivity index (χ3n) is 8.79. The number of amides is 1. The van der Waals surface area contributed by atoms with Crippen LogP contribution in [-0.2, 0) is 20.7 Å². The van der Waals surface area contributed by atoms with Gasteiger partial charge in [-0.2, -0.15) is 0 Å². The number of esters is 1. The zero-order valence-electron chi connectivity index (χ0n) is 18.4. The second kappa shape index (κ2) is 6.91. The average Bonchev–Trinajstić information content (AvgIpc) is 3.21. The molecule has 6 heteroatoms. The van der Waals surface area contributed by atoms with Crippen molar-refractivity contribution in [3.05, 3.63) is 16.6 Å². The van der Waals surface area contributed by atoms with E-state index in [4.69, 9.17) is 9.72 Å². The predicted octanol–water partition coefficient (Wildman–Crippen LogP) is 5.22. The number of rotatable bonds is 2. The number of aryl methyl sites for hydroxylation is 1. The van der Waals surface area contributed by atoms with Gasteiger partial charge in [0.25, 0.3) is 0 Å². The van der Waals surface area contributed by atoms with Crippen LogP contribution in [-0.4, -0.2) is 23.0 Å². The zero-order valence-corrected chi connectivity index (χ0v) is 19.2. The minimum Gasteiger partial charge on any atom is -0.462 e. The highest BCUT2D eigenvalue weighted by atomic mass is 32.1. The molecule has 0 unspecified atom stereocenters. The Balaban J connectivity index is 1.47. The third kappa shape index (κ3) is 2.89. The van der Waals surface area contributed by atoms with Crippen molar-refractivity contribution < 1.29 is 14.3 Å². The van der Waals surface area contributed by atoms with Gasteiger partial charge in [0.2, 0.25) is 5.91 Å². The van der Waals surface area contributed by atoms with Gasteiger partial charge in [0, 0.05) is 19.3 Å². The molecule has 0 aromatic carbocycles. The molecule has 0 radical (unpaired) electrons. The molecule has 2 saturated carbocycles. The first-order chi connectivity index (χ1) is 14.2. The molecule has 1 aromatic rings. The summed E-state index contributed by atoms with van der Waals surface area (Å²) in [4.78, 5) is 29.2. The molecule has 5 rings (SSSR count). The Hall–Kier alpha value is -1.69. The van der Waals surface area contributed by atoms with Crippen molar-refractivity contribution in [3.8, 4) is 0 Å². The number of carbonyl (C=O) groups excluding carboxylic acids is 2. The molecule has 2 fully saturated rings. The summed E-state index contributed by atoms with van der Waals surface area (Å²) in [7, 11) is 0. The van der Waals surface area contributed by atoms with Gasteiger partial charge in [-0.15, -0.1) is 0 Å². The zero-order chi connectivity index (χ0) is 21.3. The van der Waals surface area contributed by atoms with Gasteiger partial charge in [0.05, 0.1) is 10.6 Å². The molecule has 0 saturated heterocycles. The molecule has 6 atom stereocenters. The summed E-state index contributed by atoms with van der Waals surface area (Å²) in [5.41, 5.74) is 2.92. The van der Waals surface area contributed by atoms with E-state index >= 15 is 0 Å². The van der Waals surface area contributed by atoms with E-state index in [1.54, 1.807) is 25.2 Å². The molecule has 1 aromatic heterocycles. The molecule has 0 bridgehead atoms. The van der Waals surface area contributed by atoms with E-state index in [9.17, 15) is 9.59 Å². The maximum absolute atomic E-state index is 11.7. The lowest BCUT2D eigenvalue weighted by molar-refractivity contribution is -0.156. The fraction of sp³-hybridized carbons (Fsp3) is 0.708. The first-order valence-electron chi connectivity index (χ1n) is 11.4. The summed E-state index contributed by atoms with van der Waals surface area (Å²) in [5.74, 6) is 1.78. The topological polar surface area (TPSA) is 68.3 Å². The highest BCUT2D eigenvalue weighted by molar-refractivity contribution is 7.17. The Bertz CT molecular complexity index is 937. The number of hydrogen-bond acceptors (Lipinski definition) is 5. The van der Waals surface area contributed by atoms with Crippen LogP contribution in [0.15, 0.2) is 6.08 Å². The molecular formula is C24H32N2O3S. The predicted molar refractivity (Wildman–Crippen MR) is 118 cm³/mol. The minimum atomic E-state index is -0.137. The van der Waals surface area contributed by atoms with Crippen LogP contribution in [0.5, 0.6) is 0 Å². The first-order valence-corrected chi connectivity index (χ1v) is 12.2. The van der Waals surface area contributed by atoms with Crippen molar-refractivity contribution in [2.75, 3.05) is 5.32 Å².